The Balaban J connectivity index is 2.31. The second-order valence-electron chi connectivity index (χ2n) is 5.41. The van der Waals surface area contributed by atoms with Crippen molar-refractivity contribution >= 4 is 22.6 Å². The highest BCUT2D eigenvalue weighted by atomic mass is 35.5. The van der Waals surface area contributed by atoms with E-state index < -0.39 is 0 Å². The van der Waals surface area contributed by atoms with Crippen LogP contribution >= 0.6 is 11.6 Å². The second kappa shape index (κ2) is 5.51. The molecule has 2 aromatic carbocycles. The highest BCUT2D eigenvalue weighted by Gasteiger charge is 2.16. The summed E-state index contributed by atoms with van der Waals surface area (Å²) < 4.78 is 2.22. The number of imidazole rings is 1. The van der Waals surface area contributed by atoms with Crippen molar-refractivity contribution in [3.8, 4) is 11.4 Å². The van der Waals surface area contributed by atoms with Crippen molar-refractivity contribution in [3.05, 3.63) is 53.1 Å². The van der Waals surface area contributed by atoms with Gasteiger partial charge in [-0.25, -0.2) is 4.98 Å². The number of hydrogen-bond donors (Lipinski definition) is 1. The predicted octanol–water partition coefficient (Wildman–Crippen LogP) is 4.40. The van der Waals surface area contributed by atoms with Crippen LogP contribution in [0.2, 0.25) is 5.02 Å². The Morgan fingerprint density at radius 1 is 1.19 bits per heavy atom. The fourth-order valence-electron chi connectivity index (χ4n) is 2.63. The fourth-order valence-corrected chi connectivity index (χ4v) is 2.85. The average molecular weight is 300 g/mol. The van der Waals surface area contributed by atoms with E-state index in [4.69, 9.17) is 22.3 Å². The molecular weight excluding hydrogens is 282 g/mol. The van der Waals surface area contributed by atoms with Gasteiger partial charge in [0.05, 0.1) is 16.1 Å². The van der Waals surface area contributed by atoms with E-state index in [1.165, 1.54) is 0 Å². The maximum atomic E-state index is 6.35. The van der Waals surface area contributed by atoms with Gasteiger partial charge in [0.15, 0.2) is 0 Å². The van der Waals surface area contributed by atoms with E-state index in [1.54, 1.807) is 0 Å². The number of fused-ring (bicyclic) bond motifs is 1. The summed E-state index contributed by atoms with van der Waals surface area (Å²) in [5, 5.41) is 0.716. The molecule has 0 aliphatic rings. The van der Waals surface area contributed by atoms with Crippen molar-refractivity contribution in [1.82, 2.24) is 9.55 Å². The quantitative estimate of drug-likeness (QED) is 0.779. The minimum absolute atomic E-state index is 0.296. The van der Waals surface area contributed by atoms with Crippen molar-refractivity contribution in [2.75, 3.05) is 0 Å². The average Bonchev–Trinajstić information content (AvgIpc) is 2.85. The number of nitrogens with zero attached hydrogens (tertiary/aromatic N) is 2. The van der Waals surface area contributed by atoms with Crippen LogP contribution in [-0.2, 0) is 6.54 Å². The zero-order valence-corrected chi connectivity index (χ0v) is 12.9. The molecule has 2 N–H and O–H groups in total. The van der Waals surface area contributed by atoms with Gasteiger partial charge in [0.25, 0.3) is 0 Å². The summed E-state index contributed by atoms with van der Waals surface area (Å²) in [6.45, 7) is 4.82. The lowest BCUT2D eigenvalue weighted by atomic mass is 10.2. The van der Waals surface area contributed by atoms with Crippen molar-refractivity contribution in [1.29, 1.82) is 0 Å². The van der Waals surface area contributed by atoms with Gasteiger partial charge in [0.1, 0.15) is 5.82 Å². The van der Waals surface area contributed by atoms with E-state index in [1.807, 2.05) is 24.3 Å². The van der Waals surface area contributed by atoms with Crippen LogP contribution in [0.5, 0.6) is 0 Å². The highest BCUT2D eigenvalue weighted by molar-refractivity contribution is 6.33. The Hall–Kier alpha value is -1.84. The van der Waals surface area contributed by atoms with Gasteiger partial charge in [-0.2, -0.15) is 0 Å². The molecule has 4 heteroatoms. The number of hydrogen-bond acceptors (Lipinski definition) is 2. The van der Waals surface area contributed by atoms with E-state index in [2.05, 4.69) is 36.6 Å². The molecule has 0 amide bonds. The van der Waals surface area contributed by atoms with Crippen LogP contribution in [0.15, 0.2) is 42.5 Å². The molecule has 3 rings (SSSR count). The zero-order chi connectivity index (χ0) is 15.0. The summed E-state index contributed by atoms with van der Waals surface area (Å²) in [7, 11) is 0. The minimum Gasteiger partial charge on any atom is -0.326 e. The molecule has 108 valence electrons. The van der Waals surface area contributed by atoms with Gasteiger partial charge < -0.3 is 10.3 Å². The van der Waals surface area contributed by atoms with Crippen LogP contribution in [0.1, 0.15) is 25.5 Å². The van der Waals surface area contributed by atoms with Crippen molar-refractivity contribution < 1.29 is 0 Å². The first-order chi connectivity index (χ1) is 10.1. The van der Waals surface area contributed by atoms with Gasteiger partial charge in [-0.1, -0.05) is 29.8 Å². The minimum atomic E-state index is 0.296. The number of halogens is 1. The SMILES string of the molecule is CC(C)n1c(-c2ccccc2Cl)nc2cc(CN)ccc21. The summed E-state index contributed by atoms with van der Waals surface area (Å²) in [4.78, 5) is 4.80. The first-order valence-electron chi connectivity index (χ1n) is 7.07. The predicted molar refractivity (Wildman–Crippen MR) is 88.5 cm³/mol. The van der Waals surface area contributed by atoms with Crippen LogP contribution in [0, 0.1) is 0 Å². The molecule has 0 bridgehead atoms. The van der Waals surface area contributed by atoms with Gasteiger partial charge in [0.2, 0.25) is 0 Å². The van der Waals surface area contributed by atoms with Gasteiger partial charge in [-0.3, -0.25) is 0 Å². The van der Waals surface area contributed by atoms with Gasteiger partial charge >= 0.3 is 0 Å². The van der Waals surface area contributed by atoms with Crippen LogP contribution in [0.4, 0.5) is 0 Å². The number of aromatic nitrogens is 2. The summed E-state index contributed by atoms with van der Waals surface area (Å²) >= 11 is 6.35. The topological polar surface area (TPSA) is 43.8 Å². The number of nitrogens with two attached hydrogens (primary N) is 1. The lowest BCUT2D eigenvalue weighted by Gasteiger charge is -2.14. The van der Waals surface area contributed by atoms with Crippen LogP contribution in [0.3, 0.4) is 0 Å². The molecule has 0 radical (unpaired) electrons. The Bertz CT molecular complexity index is 790. The second-order valence-corrected chi connectivity index (χ2v) is 5.81. The van der Waals surface area contributed by atoms with E-state index in [0.717, 1.165) is 28.0 Å². The lowest BCUT2D eigenvalue weighted by Crippen LogP contribution is -2.03. The third-order valence-electron chi connectivity index (χ3n) is 3.62. The molecule has 0 aliphatic carbocycles. The molecule has 1 aromatic heterocycles. The fraction of sp³-hybridized carbons (Fsp3) is 0.235. The Labute approximate surface area is 129 Å². The lowest BCUT2D eigenvalue weighted by molar-refractivity contribution is 0.624. The number of rotatable bonds is 3. The third-order valence-corrected chi connectivity index (χ3v) is 3.95. The molecule has 0 spiro atoms. The monoisotopic (exact) mass is 299 g/mol. The molecule has 0 aliphatic heterocycles. The highest BCUT2D eigenvalue weighted by Crippen LogP contribution is 2.32. The maximum Gasteiger partial charge on any atom is 0.142 e. The molecule has 21 heavy (non-hydrogen) atoms. The normalized spacial score (nSPS) is 11.5. The van der Waals surface area contributed by atoms with Crippen LogP contribution in [-0.4, -0.2) is 9.55 Å². The van der Waals surface area contributed by atoms with Crippen LogP contribution in [0.25, 0.3) is 22.4 Å². The van der Waals surface area contributed by atoms with Gasteiger partial charge in [-0.05, 0) is 43.7 Å². The summed E-state index contributed by atoms with van der Waals surface area (Å²) in [5.41, 5.74) is 9.83. The van der Waals surface area contributed by atoms with Crippen LogP contribution < -0.4 is 5.73 Å². The molecule has 0 unspecified atom stereocenters. The van der Waals surface area contributed by atoms with E-state index in [9.17, 15) is 0 Å². The first-order valence-corrected chi connectivity index (χ1v) is 7.45. The Morgan fingerprint density at radius 3 is 2.62 bits per heavy atom. The molecular formula is C17H18ClN3. The van der Waals surface area contributed by atoms with E-state index in [-0.39, 0.29) is 0 Å². The maximum absolute atomic E-state index is 6.35. The van der Waals surface area contributed by atoms with E-state index in [0.29, 0.717) is 17.6 Å². The zero-order valence-electron chi connectivity index (χ0n) is 12.2. The molecule has 3 nitrogen and oxygen atoms in total. The van der Waals surface area contributed by atoms with Gasteiger partial charge in [-0.15, -0.1) is 0 Å². The smallest absolute Gasteiger partial charge is 0.142 e. The first kappa shape index (κ1) is 14.1. The molecule has 0 saturated heterocycles. The van der Waals surface area contributed by atoms with Gasteiger partial charge in [0, 0.05) is 18.2 Å². The molecule has 3 aromatic rings. The third kappa shape index (κ3) is 2.43. The summed E-state index contributed by atoms with van der Waals surface area (Å²) in [5.74, 6) is 0.903. The van der Waals surface area contributed by atoms with Crippen molar-refractivity contribution in [2.24, 2.45) is 5.73 Å². The standard InChI is InChI=1S/C17H18ClN3/c1-11(2)21-16-8-7-12(10-19)9-15(16)20-17(21)13-5-3-4-6-14(13)18/h3-9,11H,10,19H2,1-2H3. The molecule has 1 heterocycles. The molecule has 0 fully saturated rings. The number of benzene rings is 2. The van der Waals surface area contributed by atoms with E-state index >= 15 is 0 Å². The Kier molecular flexibility index (Phi) is 3.70. The molecule has 0 atom stereocenters. The summed E-state index contributed by atoms with van der Waals surface area (Å²) in [6.07, 6.45) is 0. The molecule has 0 saturated carbocycles. The largest absolute Gasteiger partial charge is 0.326 e. The van der Waals surface area contributed by atoms with Crippen molar-refractivity contribution in [2.45, 2.75) is 26.4 Å². The Morgan fingerprint density at radius 2 is 1.95 bits per heavy atom. The summed E-state index contributed by atoms with van der Waals surface area (Å²) in [6, 6.07) is 14.3. The van der Waals surface area contributed by atoms with Crippen molar-refractivity contribution in [3.63, 3.8) is 0 Å².